The fraction of sp³-hybridized carbons (Fsp3) is 0.682. The van der Waals surface area contributed by atoms with Crippen molar-refractivity contribution < 1.29 is 14.2 Å². The van der Waals surface area contributed by atoms with Crippen LogP contribution in [0, 0.1) is 5.92 Å². The summed E-state index contributed by atoms with van der Waals surface area (Å²) in [6.45, 7) is 8.75. The number of benzene rings is 1. The van der Waals surface area contributed by atoms with Gasteiger partial charge in [0, 0.05) is 56.4 Å². The van der Waals surface area contributed by atoms with Crippen LogP contribution in [-0.2, 0) is 9.47 Å². The van der Waals surface area contributed by atoms with Crippen molar-refractivity contribution in [1.29, 1.82) is 0 Å². The lowest BCUT2D eigenvalue weighted by Crippen LogP contribution is -2.44. The van der Waals surface area contributed by atoms with Crippen LogP contribution in [0.4, 0.5) is 5.69 Å². The van der Waals surface area contributed by atoms with Crippen LogP contribution in [0.5, 0.6) is 5.75 Å². The first-order chi connectivity index (χ1) is 14.7. The van der Waals surface area contributed by atoms with E-state index in [4.69, 9.17) is 30.8 Å². The number of rotatable bonds is 10. The summed E-state index contributed by atoms with van der Waals surface area (Å²) in [6.07, 6.45) is 3.07. The maximum atomic E-state index is 6.20. The maximum absolute atomic E-state index is 6.20. The fourth-order valence-electron chi connectivity index (χ4n) is 3.84. The molecule has 0 aromatic heterocycles. The highest BCUT2D eigenvalue weighted by Gasteiger charge is 2.25. The molecule has 1 aromatic carbocycles. The Hall–Kier alpha value is -0.970. The van der Waals surface area contributed by atoms with E-state index in [0.29, 0.717) is 12.0 Å². The van der Waals surface area contributed by atoms with Crippen molar-refractivity contribution in [3.05, 3.63) is 23.2 Å². The zero-order chi connectivity index (χ0) is 21.2. The zero-order valence-corrected chi connectivity index (χ0v) is 21.7. The van der Waals surface area contributed by atoms with E-state index in [-0.39, 0.29) is 24.0 Å². The van der Waals surface area contributed by atoms with Gasteiger partial charge in [-0.2, -0.15) is 0 Å². The first-order valence-corrected chi connectivity index (χ1v) is 11.4. The molecule has 1 aromatic rings. The summed E-state index contributed by atoms with van der Waals surface area (Å²) in [5.74, 6) is 2.28. The monoisotopic (exact) mass is 566 g/mol. The van der Waals surface area contributed by atoms with Gasteiger partial charge >= 0.3 is 0 Å². The van der Waals surface area contributed by atoms with E-state index in [1.807, 2.05) is 18.2 Å². The van der Waals surface area contributed by atoms with Gasteiger partial charge in [0.1, 0.15) is 5.75 Å². The summed E-state index contributed by atoms with van der Waals surface area (Å²) < 4.78 is 16.7. The molecule has 2 saturated heterocycles. The summed E-state index contributed by atoms with van der Waals surface area (Å²) in [5.41, 5.74) is 1.04. The molecule has 0 amide bonds. The SMILES string of the molecule is CCNC(=NCCCOCC1CCOC1)NC1CCN(c2cc(Cl)ccc2OC)C1.I. The number of halogens is 2. The number of nitrogens with zero attached hydrogens (tertiary/aromatic N) is 2. The standard InChI is InChI=1S/C22H35ClN4O3.HI/c1-3-24-22(25-9-4-11-29-15-17-8-12-30-16-17)26-19-7-10-27(14-19)20-13-18(23)5-6-21(20)28-2;/h5-6,13,17,19H,3-4,7-12,14-16H2,1-2H3,(H2,24,25,26);1H. The van der Waals surface area contributed by atoms with Gasteiger partial charge in [-0.15, -0.1) is 24.0 Å². The predicted molar refractivity (Wildman–Crippen MR) is 138 cm³/mol. The highest BCUT2D eigenvalue weighted by Crippen LogP contribution is 2.33. The molecule has 9 heteroatoms. The molecule has 7 nitrogen and oxygen atoms in total. The van der Waals surface area contributed by atoms with Gasteiger partial charge in [0.05, 0.1) is 26.0 Å². The fourth-order valence-corrected chi connectivity index (χ4v) is 4.01. The molecule has 2 aliphatic heterocycles. The molecular formula is C22H36ClIN4O3. The Bertz CT molecular complexity index is 689. The van der Waals surface area contributed by atoms with Crippen LogP contribution < -0.4 is 20.3 Å². The van der Waals surface area contributed by atoms with Crippen molar-refractivity contribution >= 4 is 47.2 Å². The molecule has 0 aliphatic carbocycles. The molecule has 0 spiro atoms. The van der Waals surface area contributed by atoms with E-state index in [1.54, 1.807) is 7.11 Å². The van der Waals surface area contributed by atoms with Gasteiger partial charge in [0.15, 0.2) is 5.96 Å². The average molecular weight is 567 g/mol. The van der Waals surface area contributed by atoms with Crippen LogP contribution in [0.1, 0.15) is 26.2 Å². The number of aliphatic imine (C=N–C) groups is 1. The molecule has 176 valence electrons. The number of hydrogen-bond donors (Lipinski definition) is 2. The Balaban J connectivity index is 0.00000341. The Morgan fingerprint density at radius 1 is 1.35 bits per heavy atom. The Morgan fingerprint density at radius 3 is 2.97 bits per heavy atom. The molecule has 3 rings (SSSR count). The molecule has 31 heavy (non-hydrogen) atoms. The van der Waals surface area contributed by atoms with Crippen molar-refractivity contribution in [1.82, 2.24) is 10.6 Å². The Morgan fingerprint density at radius 2 is 2.23 bits per heavy atom. The summed E-state index contributed by atoms with van der Waals surface area (Å²) in [4.78, 5) is 7.03. The average Bonchev–Trinajstić information content (AvgIpc) is 3.43. The molecule has 2 atom stereocenters. The number of hydrogen-bond acceptors (Lipinski definition) is 5. The van der Waals surface area contributed by atoms with E-state index in [2.05, 4.69) is 22.5 Å². The number of methoxy groups -OCH3 is 1. The summed E-state index contributed by atoms with van der Waals surface area (Å²) in [5, 5.41) is 7.64. The third-order valence-electron chi connectivity index (χ3n) is 5.45. The number of anilines is 1. The third kappa shape index (κ3) is 8.47. The van der Waals surface area contributed by atoms with Crippen LogP contribution in [0.3, 0.4) is 0 Å². The summed E-state index contributed by atoms with van der Waals surface area (Å²) in [7, 11) is 1.69. The lowest BCUT2D eigenvalue weighted by molar-refractivity contribution is 0.0893. The number of guanidine groups is 1. The van der Waals surface area contributed by atoms with Crippen LogP contribution in [0.25, 0.3) is 0 Å². The van der Waals surface area contributed by atoms with Gasteiger partial charge in [-0.1, -0.05) is 11.6 Å². The second-order valence-electron chi connectivity index (χ2n) is 7.81. The van der Waals surface area contributed by atoms with Crippen molar-refractivity contribution in [3.63, 3.8) is 0 Å². The van der Waals surface area contributed by atoms with Crippen LogP contribution in [-0.4, -0.2) is 71.7 Å². The van der Waals surface area contributed by atoms with Crippen molar-refractivity contribution in [3.8, 4) is 5.75 Å². The molecule has 0 bridgehead atoms. The minimum Gasteiger partial charge on any atom is -0.495 e. The molecule has 0 radical (unpaired) electrons. The largest absolute Gasteiger partial charge is 0.495 e. The molecule has 2 fully saturated rings. The molecule has 2 aliphatic rings. The normalized spacial score (nSPS) is 21.1. The Kier molecular flexibility index (Phi) is 12.1. The first-order valence-electron chi connectivity index (χ1n) is 11.0. The van der Waals surface area contributed by atoms with Crippen molar-refractivity contribution in [2.45, 2.75) is 32.2 Å². The minimum absolute atomic E-state index is 0. The molecule has 2 N–H and O–H groups in total. The van der Waals surface area contributed by atoms with E-state index >= 15 is 0 Å². The second-order valence-corrected chi connectivity index (χ2v) is 8.25. The lowest BCUT2D eigenvalue weighted by Gasteiger charge is -2.22. The van der Waals surface area contributed by atoms with Gasteiger partial charge in [0.25, 0.3) is 0 Å². The summed E-state index contributed by atoms with van der Waals surface area (Å²) in [6, 6.07) is 6.08. The van der Waals surface area contributed by atoms with Crippen molar-refractivity contribution in [2.24, 2.45) is 10.9 Å². The van der Waals surface area contributed by atoms with Crippen molar-refractivity contribution in [2.75, 3.05) is 64.6 Å². The van der Waals surface area contributed by atoms with Crippen LogP contribution in [0.15, 0.2) is 23.2 Å². The first kappa shape index (κ1) is 26.3. The lowest BCUT2D eigenvalue weighted by atomic mass is 10.1. The number of nitrogens with one attached hydrogen (secondary N) is 2. The van der Waals surface area contributed by atoms with E-state index in [1.165, 1.54) is 0 Å². The van der Waals surface area contributed by atoms with E-state index in [0.717, 1.165) is 94.3 Å². The van der Waals surface area contributed by atoms with E-state index < -0.39 is 0 Å². The molecule has 2 heterocycles. The van der Waals surface area contributed by atoms with Crippen LogP contribution >= 0.6 is 35.6 Å². The van der Waals surface area contributed by atoms with Gasteiger partial charge in [-0.25, -0.2) is 0 Å². The molecule has 2 unspecified atom stereocenters. The number of ether oxygens (including phenoxy) is 3. The van der Waals surface area contributed by atoms with Gasteiger partial charge < -0.3 is 29.7 Å². The second kappa shape index (κ2) is 14.2. The quantitative estimate of drug-likeness (QED) is 0.196. The third-order valence-corrected chi connectivity index (χ3v) is 5.68. The zero-order valence-electron chi connectivity index (χ0n) is 18.6. The topological polar surface area (TPSA) is 67.4 Å². The van der Waals surface area contributed by atoms with Crippen LogP contribution in [0.2, 0.25) is 5.02 Å². The predicted octanol–water partition coefficient (Wildman–Crippen LogP) is 3.54. The van der Waals surface area contributed by atoms with Gasteiger partial charge in [0.2, 0.25) is 0 Å². The van der Waals surface area contributed by atoms with E-state index in [9.17, 15) is 0 Å². The maximum Gasteiger partial charge on any atom is 0.191 e. The molecule has 0 saturated carbocycles. The van der Waals surface area contributed by atoms with Gasteiger partial charge in [-0.3, -0.25) is 4.99 Å². The highest BCUT2D eigenvalue weighted by molar-refractivity contribution is 14.0. The highest BCUT2D eigenvalue weighted by atomic mass is 127. The minimum atomic E-state index is 0. The summed E-state index contributed by atoms with van der Waals surface area (Å²) >= 11 is 6.20. The Labute approximate surface area is 208 Å². The smallest absolute Gasteiger partial charge is 0.191 e. The van der Waals surface area contributed by atoms with Gasteiger partial charge in [-0.05, 0) is 44.4 Å². The molecular weight excluding hydrogens is 531 g/mol.